The molecule has 0 amide bonds. The number of nitrogens with one attached hydrogen (secondary N) is 1. The van der Waals surface area contributed by atoms with Crippen LogP contribution in [0.25, 0.3) is 0 Å². The number of aryl methyl sites for hydroxylation is 1. The molecular weight excluding hydrogens is 182 g/mol. The van der Waals surface area contributed by atoms with Crippen molar-refractivity contribution in [3.63, 3.8) is 0 Å². The summed E-state index contributed by atoms with van der Waals surface area (Å²) in [6.07, 6.45) is 3.59. The van der Waals surface area contributed by atoms with Crippen molar-refractivity contribution in [1.82, 2.24) is 10.2 Å². The molecule has 3 N–H and O–H groups in total. The molecule has 2 aromatic heterocycles. The van der Waals surface area contributed by atoms with E-state index < -0.39 is 0 Å². The third kappa shape index (κ3) is 1.64. The van der Waals surface area contributed by atoms with E-state index in [1.165, 1.54) is 4.88 Å². The van der Waals surface area contributed by atoms with Crippen molar-refractivity contribution in [2.75, 3.05) is 0 Å². The SMILES string of the molecule is Cc1cc(C(N)c2cn[nH]c2)cs1. The summed E-state index contributed by atoms with van der Waals surface area (Å²) < 4.78 is 0. The molecule has 2 heterocycles. The standard InChI is InChI=1S/C9H11N3S/c1-6-2-7(5-13-6)9(10)8-3-11-12-4-8/h2-5,9H,10H2,1H3,(H,11,12). The van der Waals surface area contributed by atoms with Gasteiger partial charge in [0.25, 0.3) is 0 Å². The van der Waals surface area contributed by atoms with E-state index in [2.05, 4.69) is 28.6 Å². The van der Waals surface area contributed by atoms with E-state index in [4.69, 9.17) is 5.73 Å². The number of thiophene rings is 1. The van der Waals surface area contributed by atoms with Gasteiger partial charge in [-0.3, -0.25) is 5.10 Å². The third-order valence-electron chi connectivity index (χ3n) is 1.99. The maximum atomic E-state index is 6.02. The number of aromatic nitrogens is 2. The minimum Gasteiger partial charge on any atom is -0.320 e. The van der Waals surface area contributed by atoms with Crippen molar-refractivity contribution in [2.45, 2.75) is 13.0 Å². The van der Waals surface area contributed by atoms with Crippen molar-refractivity contribution in [3.8, 4) is 0 Å². The van der Waals surface area contributed by atoms with E-state index in [0.29, 0.717) is 0 Å². The Hall–Kier alpha value is -1.13. The van der Waals surface area contributed by atoms with Gasteiger partial charge in [0.05, 0.1) is 12.2 Å². The lowest BCUT2D eigenvalue weighted by atomic mass is 10.1. The summed E-state index contributed by atoms with van der Waals surface area (Å²) in [5.74, 6) is 0. The third-order valence-corrected chi connectivity index (χ3v) is 2.87. The number of nitrogens with two attached hydrogens (primary N) is 1. The molecule has 0 aliphatic carbocycles. The van der Waals surface area contributed by atoms with Gasteiger partial charge in [-0.2, -0.15) is 5.10 Å². The van der Waals surface area contributed by atoms with Gasteiger partial charge in [0, 0.05) is 16.6 Å². The number of rotatable bonds is 2. The minimum absolute atomic E-state index is 0.0521. The Morgan fingerprint density at radius 3 is 2.92 bits per heavy atom. The highest BCUT2D eigenvalue weighted by atomic mass is 32.1. The van der Waals surface area contributed by atoms with Crippen LogP contribution < -0.4 is 5.73 Å². The van der Waals surface area contributed by atoms with Gasteiger partial charge in [-0.05, 0) is 23.9 Å². The Morgan fingerprint density at radius 1 is 1.54 bits per heavy atom. The van der Waals surface area contributed by atoms with E-state index in [1.807, 2.05) is 6.20 Å². The second-order valence-electron chi connectivity index (χ2n) is 3.00. The first-order chi connectivity index (χ1) is 6.27. The van der Waals surface area contributed by atoms with Crippen LogP contribution in [0.15, 0.2) is 23.8 Å². The molecule has 1 atom stereocenters. The molecule has 0 bridgehead atoms. The molecule has 0 radical (unpaired) electrons. The van der Waals surface area contributed by atoms with E-state index in [0.717, 1.165) is 11.1 Å². The summed E-state index contributed by atoms with van der Waals surface area (Å²) in [6.45, 7) is 2.08. The molecule has 4 heteroatoms. The van der Waals surface area contributed by atoms with Crippen LogP contribution in [0.3, 0.4) is 0 Å². The molecule has 1 unspecified atom stereocenters. The zero-order valence-electron chi connectivity index (χ0n) is 7.32. The fourth-order valence-electron chi connectivity index (χ4n) is 1.25. The van der Waals surface area contributed by atoms with Crippen molar-refractivity contribution >= 4 is 11.3 Å². The van der Waals surface area contributed by atoms with Crippen LogP contribution >= 0.6 is 11.3 Å². The number of H-pyrrole nitrogens is 1. The molecule has 3 nitrogen and oxygen atoms in total. The predicted octanol–water partition coefficient (Wildman–Crippen LogP) is 1.83. The van der Waals surface area contributed by atoms with E-state index in [-0.39, 0.29) is 6.04 Å². The highest BCUT2D eigenvalue weighted by Gasteiger charge is 2.10. The van der Waals surface area contributed by atoms with Gasteiger partial charge in [-0.15, -0.1) is 11.3 Å². The molecule has 2 rings (SSSR count). The van der Waals surface area contributed by atoms with Crippen molar-refractivity contribution in [3.05, 3.63) is 39.8 Å². The number of nitrogens with zero attached hydrogens (tertiary/aromatic N) is 1. The zero-order chi connectivity index (χ0) is 9.26. The summed E-state index contributed by atoms with van der Waals surface area (Å²) in [5.41, 5.74) is 8.20. The summed E-state index contributed by atoms with van der Waals surface area (Å²) in [5, 5.41) is 8.72. The van der Waals surface area contributed by atoms with Crippen molar-refractivity contribution in [2.24, 2.45) is 5.73 Å². The molecule has 2 aromatic rings. The normalized spacial score (nSPS) is 13.1. The lowest BCUT2D eigenvalue weighted by Crippen LogP contribution is -2.09. The van der Waals surface area contributed by atoms with Crippen LogP contribution in [0.4, 0.5) is 0 Å². The van der Waals surface area contributed by atoms with Crippen LogP contribution in [0.1, 0.15) is 22.0 Å². The minimum atomic E-state index is -0.0521. The van der Waals surface area contributed by atoms with Crippen molar-refractivity contribution < 1.29 is 0 Å². The second kappa shape index (κ2) is 3.32. The highest BCUT2D eigenvalue weighted by Crippen LogP contribution is 2.23. The highest BCUT2D eigenvalue weighted by molar-refractivity contribution is 7.10. The second-order valence-corrected chi connectivity index (χ2v) is 4.12. The lowest BCUT2D eigenvalue weighted by Gasteiger charge is -2.05. The van der Waals surface area contributed by atoms with Gasteiger partial charge in [0.15, 0.2) is 0 Å². The number of hydrogen-bond donors (Lipinski definition) is 2. The fraction of sp³-hybridized carbons (Fsp3) is 0.222. The van der Waals surface area contributed by atoms with Crippen molar-refractivity contribution in [1.29, 1.82) is 0 Å². The largest absolute Gasteiger partial charge is 0.320 e. The Bertz CT molecular complexity index is 377. The van der Waals surface area contributed by atoms with Gasteiger partial charge in [-0.25, -0.2) is 0 Å². The fourth-order valence-corrected chi connectivity index (χ4v) is 1.99. The summed E-state index contributed by atoms with van der Waals surface area (Å²) >= 11 is 1.72. The van der Waals surface area contributed by atoms with Crippen LogP contribution in [0.5, 0.6) is 0 Å². The van der Waals surface area contributed by atoms with Crippen LogP contribution in [-0.4, -0.2) is 10.2 Å². The Kier molecular flexibility index (Phi) is 2.16. The average molecular weight is 193 g/mol. The number of hydrogen-bond acceptors (Lipinski definition) is 3. The predicted molar refractivity (Wildman–Crippen MR) is 53.7 cm³/mol. The zero-order valence-corrected chi connectivity index (χ0v) is 8.14. The molecule has 0 fully saturated rings. The molecule has 0 aromatic carbocycles. The van der Waals surface area contributed by atoms with Gasteiger partial charge in [0.1, 0.15) is 0 Å². The Labute approximate surface area is 80.6 Å². The molecule has 0 saturated heterocycles. The molecule has 0 aliphatic rings. The summed E-state index contributed by atoms with van der Waals surface area (Å²) in [6, 6.07) is 2.06. The van der Waals surface area contributed by atoms with Crippen LogP contribution in [-0.2, 0) is 0 Å². The maximum Gasteiger partial charge on any atom is 0.0591 e. The van der Waals surface area contributed by atoms with Crippen LogP contribution in [0.2, 0.25) is 0 Å². The summed E-state index contributed by atoms with van der Waals surface area (Å²) in [4.78, 5) is 1.29. The Balaban J connectivity index is 2.28. The first-order valence-corrected chi connectivity index (χ1v) is 4.94. The molecule has 0 saturated carbocycles. The molecular formula is C9H11N3S. The molecule has 68 valence electrons. The molecule has 13 heavy (non-hydrogen) atoms. The van der Waals surface area contributed by atoms with Gasteiger partial charge >= 0.3 is 0 Å². The summed E-state index contributed by atoms with van der Waals surface area (Å²) in [7, 11) is 0. The van der Waals surface area contributed by atoms with Gasteiger partial charge in [-0.1, -0.05) is 0 Å². The first-order valence-electron chi connectivity index (χ1n) is 4.06. The van der Waals surface area contributed by atoms with E-state index in [1.54, 1.807) is 17.5 Å². The maximum absolute atomic E-state index is 6.02. The molecule has 0 aliphatic heterocycles. The van der Waals surface area contributed by atoms with E-state index in [9.17, 15) is 0 Å². The first kappa shape index (κ1) is 8.47. The smallest absolute Gasteiger partial charge is 0.0591 e. The molecule has 0 spiro atoms. The van der Waals surface area contributed by atoms with Gasteiger partial charge in [0.2, 0.25) is 0 Å². The lowest BCUT2D eigenvalue weighted by molar-refractivity contribution is 0.877. The topological polar surface area (TPSA) is 54.7 Å². The monoisotopic (exact) mass is 193 g/mol. The van der Waals surface area contributed by atoms with E-state index >= 15 is 0 Å². The van der Waals surface area contributed by atoms with Crippen LogP contribution in [0, 0.1) is 6.92 Å². The quantitative estimate of drug-likeness (QED) is 0.764. The average Bonchev–Trinajstić information content (AvgIpc) is 2.72. The van der Waals surface area contributed by atoms with Gasteiger partial charge < -0.3 is 5.73 Å². The Morgan fingerprint density at radius 2 is 2.38 bits per heavy atom. The number of aromatic amines is 1.